The van der Waals surface area contributed by atoms with Gasteiger partial charge in [-0.1, -0.05) is 10.3 Å². The van der Waals surface area contributed by atoms with Gasteiger partial charge in [0.15, 0.2) is 5.34 Å². The second-order valence-electron chi connectivity index (χ2n) is 7.61. The Hall–Kier alpha value is -2.68. The highest BCUT2D eigenvalue weighted by Gasteiger charge is 2.28. The lowest BCUT2D eigenvalue weighted by Gasteiger charge is -2.39. The van der Waals surface area contributed by atoms with Crippen LogP contribution in [0, 0.1) is 4.91 Å². The van der Waals surface area contributed by atoms with Crippen LogP contribution in [0.5, 0.6) is 0 Å². The van der Waals surface area contributed by atoms with E-state index >= 15 is 0 Å². The molecule has 0 amide bonds. The van der Waals surface area contributed by atoms with E-state index in [1.165, 1.54) is 0 Å². The zero-order valence-corrected chi connectivity index (χ0v) is 20.8. The number of hydrogen-bond acceptors (Lipinski definition) is 14. The average molecular weight is 553 g/mol. The summed E-state index contributed by atoms with van der Waals surface area (Å²) in [5.74, 6) is 1.18. The van der Waals surface area contributed by atoms with Gasteiger partial charge in [-0.2, -0.15) is 31.8 Å². The monoisotopic (exact) mass is 552 g/mol. The van der Waals surface area contributed by atoms with Crippen molar-refractivity contribution in [1.29, 1.82) is 0 Å². The number of anilines is 3. The van der Waals surface area contributed by atoms with Crippen LogP contribution in [0.1, 0.15) is 5.82 Å². The first-order valence-corrected chi connectivity index (χ1v) is 15.0. The van der Waals surface area contributed by atoms with Crippen molar-refractivity contribution in [3.8, 4) is 0 Å². The minimum atomic E-state index is -4.76. The van der Waals surface area contributed by atoms with E-state index in [0.717, 1.165) is 18.2 Å². The van der Waals surface area contributed by atoms with E-state index < -0.39 is 46.0 Å². The van der Waals surface area contributed by atoms with Crippen molar-refractivity contribution in [3.05, 3.63) is 28.9 Å². The first-order valence-electron chi connectivity index (χ1n) is 9.84. The molecular weight excluding hydrogens is 528 g/mol. The van der Waals surface area contributed by atoms with Crippen LogP contribution in [0.2, 0.25) is 0 Å². The van der Waals surface area contributed by atoms with Gasteiger partial charge in [0.2, 0.25) is 11.9 Å². The van der Waals surface area contributed by atoms with Crippen LogP contribution < -0.4 is 16.4 Å². The van der Waals surface area contributed by atoms with Gasteiger partial charge in [0.05, 0.1) is 17.1 Å². The summed E-state index contributed by atoms with van der Waals surface area (Å²) in [5.41, 5.74) is 5.31. The Bertz CT molecular complexity index is 1300. The van der Waals surface area contributed by atoms with Gasteiger partial charge in [0, 0.05) is 31.3 Å². The first kappa shape index (κ1) is 26.9. The van der Waals surface area contributed by atoms with Crippen molar-refractivity contribution in [2.75, 3.05) is 48.6 Å². The molecule has 0 unspecified atom stereocenters. The fourth-order valence-corrected chi connectivity index (χ4v) is 6.10. The number of nitrogens with two attached hydrogens (primary N) is 1. The highest BCUT2D eigenvalue weighted by atomic mass is 32.3. The number of aromatic nitrogens is 3. The molecule has 2 aromatic rings. The van der Waals surface area contributed by atoms with Gasteiger partial charge in [-0.05, 0) is 24.5 Å². The molecule has 1 saturated heterocycles. The molecule has 0 aliphatic carbocycles. The fraction of sp³-hybridized carbons (Fsp3) is 0.438. The standard InChI is InChI=1S/C16H24N8O8S3/c1-33(32-23-25)6-4-24(5-7-33)10-18-9-14-20-15(17)22-16(21-14)19-12-8-11(34(26,27)28)2-3-13(12)35(29,30)31/h2-3,8,18H,4-7,9-10H2,1H3,(H,26,27,28)(H,29,30,31)(H3,17,19,20,21,22). The van der Waals surface area contributed by atoms with E-state index in [1.807, 2.05) is 6.26 Å². The second kappa shape index (κ2) is 10.5. The van der Waals surface area contributed by atoms with Gasteiger partial charge < -0.3 is 15.3 Å². The van der Waals surface area contributed by atoms with Crippen LogP contribution in [0.4, 0.5) is 17.6 Å². The van der Waals surface area contributed by atoms with Crippen molar-refractivity contribution in [2.45, 2.75) is 16.3 Å². The summed E-state index contributed by atoms with van der Waals surface area (Å²) in [6.45, 7) is 2.03. The largest absolute Gasteiger partial charge is 0.368 e. The average Bonchev–Trinajstić information content (AvgIpc) is 2.73. The van der Waals surface area contributed by atoms with Crippen LogP contribution in [0.25, 0.3) is 0 Å². The Balaban J connectivity index is 1.71. The minimum absolute atomic E-state index is 0.157. The van der Waals surface area contributed by atoms with Crippen LogP contribution in [0.3, 0.4) is 0 Å². The lowest BCUT2D eigenvalue weighted by atomic mass is 10.3. The van der Waals surface area contributed by atoms with E-state index in [2.05, 4.69) is 35.8 Å². The molecule has 0 spiro atoms. The third-order valence-corrected chi connectivity index (χ3v) is 9.25. The van der Waals surface area contributed by atoms with Gasteiger partial charge in [-0.3, -0.25) is 19.3 Å². The molecule has 16 nitrogen and oxygen atoms in total. The molecule has 0 radical (unpaired) electrons. The van der Waals surface area contributed by atoms with Crippen LogP contribution in [0.15, 0.2) is 33.3 Å². The normalized spacial score (nSPS) is 17.5. The molecule has 35 heavy (non-hydrogen) atoms. The Morgan fingerprint density at radius 2 is 1.83 bits per heavy atom. The quantitative estimate of drug-likeness (QED) is 0.149. The molecule has 1 aliphatic rings. The zero-order valence-electron chi connectivity index (χ0n) is 18.4. The third kappa shape index (κ3) is 7.40. The Kier molecular flexibility index (Phi) is 8.09. The fourth-order valence-electron chi connectivity index (χ4n) is 3.18. The summed E-state index contributed by atoms with van der Waals surface area (Å²) in [6.07, 6.45) is 1.90. The van der Waals surface area contributed by atoms with Gasteiger partial charge >= 0.3 is 0 Å². The molecule has 2 heterocycles. The third-order valence-electron chi connectivity index (χ3n) is 4.98. The molecule has 3 rings (SSSR count). The van der Waals surface area contributed by atoms with Gasteiger partial charge in [0.1, 0.15) is 10.7 Å². The first-order chi connectivity index (χ1) is 16.3. The summed E-state index contributed by atoms with van der Waals surface area (Å²) >= 11 is 0. The number of nitrogens with zero attached hydrogens (tertiary/aromatic N) is 5. The van der Waals surface area contributed by atoms with E-state index in [-0.39, 0.29) is 24.3 Å². The van der Waals surface area contributed by atoms with Crippen molar-refractivity contribution >= 4 is 48.1 Å². The van der Waals surface area contributed by atoms with Gasteiger partial charge in [0.25, 0.3) is 20.2 Å². The Labute approximate surface area is 202 Å². The number of benzene rings is 1. The molecular formula is C16H24N8O8S3. The maximum Gasteiger partial charge on any atom is 0.296 e. The van der Waals surface area contributed by atoms with Crippen LogP contribution >= 0.6 is 10.3 Å². The molecule has 0 saturated carbocycles. The van der Waals surface area contributed by atoms with Crippen molar-refractivity contribution in [1.82, 2.24) is 25.2 Å². The summed E-state index contributed by atoms with van der Waals surface area (Å²) < 4.78 is 70.0. The minimum Gasteiger partial charge on any atom is -0.368 e. The lowest BCUT2D eigenvalue weighted by molar-refractivity contribution is 0.263. The summed E-state index contributed by atoms with van der Waals surface area (Å²) in [6, 6.07) is 2.41. The van der Waals surface area contributed by atoms with Gasteiger partial charge in [-0.15, -0.1) is 4.91 Å². The highest BCUT2D eigenvalue weighted by molar-refractivity contribution is 8.29. The summed E-state index contributed by atoms with van der Waals surface area (Å²) in [7, 11) is -10.9. The lowest BCUT2D eigenvalue weighted by Crippen LogP contribution is -2.43. The molecule has 0 atom stereocenters. The van der Waals surface area contributed by atoms with E-state index in [0.29, 0.717) is 31.3 Å². The number of hydrogen-bond donors (Lipinski definition) is 5. The Morgan fingerprint density at radius 3 is 2.43 bits per heavy atom. The molecule has 1 aromatic heterocycles. The predicted octanol–water partition coefficient (Wildman–Crippen LogP) is 0.101. The van der Waals surface area contributed by atoms with Crippen molar-refractivity contribution in [2.24, 2.45) is 5.34 Å². The zero-order chi connectivity index (χ0) is 25.9. The van der Waals surface area contributed by atoms with E-state index in [9.17, 15) is 30.8 Å². The topological polar surface area (TPSA) is 239 Å². The van der Waals surface area contributed by atoms with Crippen molar-refractivity contribution in [3.63, 3.8) is 0 Å². The SMILES string of the molecule is CS1(ON=O)CCN(CNCc2nc(N)nc(Nc3cc(S(=O)(=O)O)ccc3S(=O)(=O)O)n2)CC1. The maximum atomic E-state index is 11.7. The van der Waals surface area contributed by atoms with Crippen LogP contribution in [-0.2, 0) is 31.1 Å². The maximum absolute atomic E-state index is 11.7. The molecule has 0 bridgehead atoms. The molecule has 194 valence electrons. The van der Waals surface area contributed by atoms with E-state index in [1.54, 1.807) is 0 Å². The summed E-state index contributed by atoms with van der Waals surface area (Å²) in [4.78, 5) is 23.2. The van der Waals surface area contributed by atoms with Gasteiger partial charge in [-0.25, -0.2) is 0 Å². The second-order valence-corrected chi connectivity index (χ2v) is 13.8. The Morgan fingerprint density at radius 1 is 1.14 bits per heavy atom. The molecule has 1 aliphatic heterocycles. The summed E-state index contributed by atoms with van der Waals surface area (Å²) in [5, 5.41) is 8.19. The molecule has 19 heteroatoms. The molecule has 6 N–H and O–H groups in total. The highest BCUT2D eigenvalue weighted by Crippen LogP contribution is 2.47. The smallest absolute Gasteiger partial charge is 0.296 e. The van der Waals surface area contributed by atoms with Crippen molar-refractivity contribution < 1.29 is 30.2 Å². The molecule has 1 aromatic carbocycles. The molecule has 1 fully saturated rings. The predicted molar refractivity (Wildman–Crippen MR) is 127 cm³/mol. The number of nitrogens with one attached hydrogen (secondary N) is 2. The number of rotatable bonds is 10. The van der Waals surface area contributed by atoms with Crippen LogP contribution in [-0.4, -0.2) is 83.3 Å². The number of nitrogen functional groups attached to an aromatic ring is 1. The van der Waals surface area contributed by atoms with E-state index in [4.69, 9.17) is 10.0 Å².